The van der Waals surface area contributed by atoms with Gasteiger partial charge in [-0.05, 0) is 42.0 Å². The van der Waals surface area contributed by atoms with Crippen molar-refractivity contribution < 1.29 is 35.9 Å². The summed E-state index contributed by atoms with van der Waals surface area (Å²) in [5, 5.41) is 2.33. The molecular weight excluding hydrogens is 560 g/mol. The molecule has 0 saturated carbocycles. The van der Waals surface area contributed by atoms with Crippen LogP contribution >= 0.6 is 0 Å². The van der Waals surface area contributed by atoms with Gasteiger partial charge in [0, 0.05) is 42.3 Å². The molecule has 11 heteroatoms. The highest BCUT2D eigenvalue weighted by atomic mass is 19.4. The number of piperidine rings is 1. The lowest BCUT2D eigenvalue weighted by Gasteiger charge is -2.32. The molecule has 0 radical (unpaired) electrons. The number of benzene rings is 3. The van der Waals surface area contributed by atoms with E-state index >= 15 is 8.78 Å². The number of hydrogen-bond donors (Lipinski definition) is 1. The molecule has 220 valence electrons. The molecule has 0 spiro atoms. The number of nitrogens with zero attached hydrogens (tertiary/aromatic N) is 2. The molecule has 1 aliphatic rings. The number of carbonyl (C=O) groups is 2. The molecule has 1 N–H and O–H groups in total. The van der Waals surface area contributed by atoms with Crippen LogP contribution in [0.25, 0.3) is 10.9 Å². The van der Waals surface area contributed by atoms with E-state index in [4.69, 9.17) is 0 Å². The second kappa shape index (κ2) is 11.5. The number of hydrogen-bond acceptors (Lipinski definition) is 2. The van der Waals surface area contributed by atoms with Gasteiger partial charge in [0.1, 0.15) is 5.82 Å². The molecule has 0 unspecified atom stereocenters. The van der Waals surface area contributed by atoms with E-state index < -0.39 is 36.9 Å². The number of fused-ring (bicyclic) bond motifs is 1. The van der Waals surface area contributed by atoms with Gasteiger partial charge in [0.25, 0.3) is 11.8 Å². The van der Waals surface area contributed by atoms with Crippen LogP contribution in [0, 0.1) is 5.82 Å². The lowest BCUT2D eigenvalue weighted by molar-refractivity contribution is -0.173. The van der Waals surface area contributed by atoms with E-state index in [-0.39, 0.29) is 30.5 Å². The van der Waals surface area contributed by atoms with Gasteiger partial charge < -0.3 is 14.8 Å². The molecule has 4 aromatic rings. The molecule has 42 heavy (non-hydrogen) atoms. The fourth-order valence-corrected chi connectivity index (χ4v) is 5.40. The van der Waals surface area contributed by atoms with Crippen molar-refractivity contribution in [1.82, 2.24) is 14.8 Å². The molecule has 0 bridgehead atoms. The second-order valence-electron chi connectivity index (χ2n) is 10.4. The van der Waals surface area contributed by atoms with Gasteiger partial charge in [-0.3, -0.25) is 9.59 Å². The first kappa shape index (κ1) is 29.2. The van der Waals surface area contributed by atoms with Crippen LogP contribution in [-0.4, -0.2) is 40.5 Å². The third-order valence-electron chi connectivity index (χ3n) is 7.58. The molecule has 2 amide bonds. The number of para-hydroxylation sites is 1. The van der Waals surface area contributed by atoms with Crippen molar-refractivity contribution in [3.05, 3.63) is 107 Å². The van der Waals surface area contributed by atoms with Crippen LogP contribution in [0.15, 0.2) is 79.0 Å². The summed E-state index contributed by atoms with van der Waals surface area (Å²) >= 11 is 0. The highest BCUT2D eigenvalue weighted by Crippen LogP contribution is 2.35. The maximum absolute atomic E-state index is 15.1. The summed E-state index contributed by atoms with van der Waals surface area (Å²) in [6.07, 6.45) is -2.77. The average molecular weight is 588 g/mol. The first-order valence-corrected chi connectivity index (χ1v) is 13.4. The van der Waals surface area contributed by atoms with Crippen molar-refractivity contribution in [3.8, 4) is 0 Å². The maximum atomic E-state index is 15.1. The Labute approximate surface area is 237 Å². The lowest BCUT2D eigenvalue weighted by Crippen LogP contribution is -2.38. The Morgan fingerprint density at radius 3 is 2.24 bits per heavy atom. The monoisotopic (exact) mass is 587 g/mol. The Morgan fingerprint density at radius 2 is 1.55 bits per heavy atom. The van der Waals surface area contributed by atoms with Crippen molar-refractivity contribution in [1.29, 1.82) is 0 Å². The predicted molar refractivity (Wildman–Crippen MR) is 144 cm³/mol. The molecule has 5 rings (SSSR count). The zero-order valence-electron chi connectivity index (χ0n) is 22.3. The van der Waals surface area contributed by atoms with Gasteiger partial charge in [-0.15, -0.1) is 0 Å². The summed E-state index contributed by atoms with van der Waals surface area (Å²) in [6, 6.07) is 18.2. The summed E-state index contributed by atoms with van der Waals surface area (Å²) in [7, 11) is 0. The van der Waals surface area contributed by atoms with E-state index in [1.807, 2.05) is 0 Å². The first-order valence-electron chi connectivity index (χ1n) is 13.4. The Balaban J connectivity index is 1.29. The Bertz CT molecular complexity index is 1590. The van der Waals surface area contributed by atoms with Gasteiger partial charge in [-0.1, -0.05) is 60.7 Å². The molecule has 3 aromatic carbocycles. The van der Waals surface area contributed by atoms with E-state index in [9.17, 15) is 27.2 Å². The molecule has 1 aromatic heterocycles. The fraction of sp³-hybridized carbons (Fsp3) is 0.290. The largest absolute Gasteiger partial charge is 0.471 e. The number of nitrogens with one attached hydrogen (secondary N) is 1. The van der Waals surface area contributed by atoms with Gasteiger partial charge in [-0.25, -0.2) is 4.39 Å². The van der Waals surface area contributed by atoms with Crippen LogP contribution in [0.1, 0.15) is 45.8 Å². The Kier molecular flexibility index (Phi) is 8.03. The van der Waals surface area contributed by atoms with Crippen LogP contribution < -0.4 is 5.32 Å². The number of aromatic nitrogens is 1. The first-order chi connectivity index (χ1) is 19.9. The number of carbonyl (C=O) groups excluding carboxylic acids is 2. The Morgan fingerprint density at radius 1 is 0.881 bits per heavy atom. The van der Waals surface area contributed by atoms with Gasteiger partial charge >= 0.3 is 12.1 Å². The normalized spacial score (nSPS) is 14.8. The van der Waals surface area contributed by atoms with E-state index in [0.29, 0.717) is 40.4 Å². The summed E-state index contributed by atoms with van der Waals surface area (Å²) < 4.78 is 83.8. The molecule has 1 aliphatic heterocycles. The molecular formula is C31H27F6N3O2. The number of halogens is 6. The van der Waals surface area contributed by atoms with E-state index in [1.165, 1.54) is 35.0 Å². The quantitative estimate of drug-likeness (QED) is 0.243. The van der Waals surface area contributed by atoms with Crippen molar-refractivity contribution >= 4 is 22.7 Å². The van der Waals surface area contributed by atoms with Gasteiger partial charge in [0.05, 0.1) is 12.1 Å². The van der Waals surface area contributed by atoms with E-state index in [0.717, 1.165) is 6.07 Å². The van der Waals surface area contributed by atoms with Crippen LogP contribution in [0.4, 0.5) is 26.3 Å². The van der Waals surface area contributed by atoms with Crippen molar-refractivity contribution in [3.63, 3.8) is 0 Å². The van der Waals surface area contributed by atoms with Crippen LogP contribution in [-0.2, 0) is 23.8 Å². The zero-order chi connectivity index (χ0) is 30.1. The summed E-state index contributed by atoms with van der Waals surface area (Å²) in [5.74, 6) is -6.39. The molecule has 5 nitrogen and oxygen atoms in total. The fourth-order valence-electron chi connectivity index (χ4n) is 5.40. The maximum Gasteiger partial charge on any atom is 0.471 e. The third kappa shape index (κ3) is 6.14. The minimum atomic E-state index is -5.02. The molecule has 1 saturated heterocycles. The highest BCUT2D eigenvalue weighted by Gasteiger charge is 2.38. The second-order valence-corrected chi connectivity index (χ2v) is 10.4. The van der Waals surface area contributed by atoms with Gasteiger partial charge in [-0.2, -0.15) is 22.0 Å². The van der Waals surface area contributed by atoms with E-state index in [1.54, 1.807) is 52.7 Å². The van der Waals surface area contributed by atoms with Crippen LogP contribution in [0.5, 0.6) is 0 Å². The number of likely N-dealkylation sites (tertiary alicyclic amines) is 1. The predicted octanol–water partition coefficient (Wildman–Crippen LogP) is 6.77. The van der Waals surface area contributed by atoms with Gasteiger partial charge in [0.15, 0.2) is 0 Å². The standard InChI is InChI=1S/C31H27F6N3O2/c32-26-11-10-20(17-38-29(42)31(35,36)37)16-24(26)21-12-14-39(15-13-21)28(41)25-18-40(27-9-5-4-8-23(25)27)19-30(33,34)22-6-2-1-3-7-22/h1-11,16,18,21H,12-15,17,19H2,(H,38,42). The topological polar surface area (TPSA) is 54.3 Å². The lowest BCUT2D eigenvalue weighted by atomic mass is 9.88. The smallest absolute Gasteiger partial charge is 0.344 e. The third-order valence-corrected chi connectivity index (χ3v) is 7.58. The van der Waals surface area contributed by atoms with Gasteiger partial charge in [0.2, 0.25) is 0 Å². The van der Waals surface area contributed by atoms with E-state index in [2.05, 4.69) is 0 Å². The summed E-state index contributed by atoms with van der Waals surface area (Å²) in [5.41, 5.74) is 1.30. The SMILES string of the molecule is O=C(c1cn(CC(F)(F)c2ccccc2)c2ccccc12)N1CCC(c2cc(CNC(=O)C(F)(F)F)ccc2F)CC1. The van der Waals surface area contributed by atoms with Crippen LogP contribution in [0.3, 0.4) is 0 Å². The molecule has 2 heterocycles. The summed E-state index contributed by atoms with van der Waals surface area (Å²) in [4.78, 5) is 26.3. The number of amides is 2. The van der Waals surface area contributed by atoms with Crippen LogP contribution in [0.2, 0.25) is 0 Å². The minimum absolute atomic E-state index is 0.128. The summed E-state index contributed by atoms with van der Waals surface area (Å²) in [6.45, 7) is -0.502. The highest BCUT2D eigenvalue weighted by molar-refractivity contribution is 6.07. The zero-order valence-corrected chi connectivity index (χ0v) is 22.3. The average Bonchev–Trinajstić information content (AvgIpc) is 3.34. The minimum Gasteiger partial charge on any atom is -0.344 e. The number of alkyl halides is 5. The van der Waals surface area contributed by atoms with Crippen molar-refractivity contribution in [2.75, 3.05) is 13.1 Å². The molecule has 1 fully saturated rings. The Hall–Kier alpha value is -4.28. The number of rotatable bonds is 7. The molecule has 0 atom stereocenters. The molecule has 0 aliphatic carbocycles. The van der Waals surface area contributed by atoms with Crippen molar-refractivity contribution in [2.24, 2.45) is 0 Å². The van der Waals surface area contributed by atoms with Crippen molar-refractivity contribution in [2.45, 2.75) is 43.9 Å².